The molecule has 0 saturated carbocycles. The quantitative estimate of drug-likeness (QED) is 0.805. The highest BCUT2D eigenvalue weighted by Crippen LogP contribution is 2.18. The number of likely N-dealkylation sites (N-methyl/N-ethyl adjacent to an activating group) is 1. The molecule has 0 fully saturated rings. The highest BCUT2D eigenvalue weighted by Gasteiger charge is 2.26. The summed E-state index contributed by atoms with van der Waals surface area (Å²) in [5.41, 5.74) is 0.319. The van der Waals surface area contributed by atoms with Crippen LogP contribution in [0.4, 0.5) is 4.39 Å². The van der Waals surface area contributed by atoms with Crippen molar-refractivity contribution in [1.82, 2.24) is 10.2 Å². The van der Waals surface area contributed by atoms with Crippen molar-refractivity contribution in [1.29, 1.82) is 0 Å². The van der Waals surface area contributed by atoms with Crippen LogP contribution in [0.1, 0.15) is 12.5 Å². The number of halogens is 2. The molecule has 5 nitrogen and oxygen atoms in total. The molecular formula is C19H20ClFN2O3. The van der Waals surface area contributed by atoms with Crippen molar-refractivity contribution in [3.63, 3.8) is 0 Å². The maximum Gasteiger partial charge on any atom is 0.261 e. The number of benzene rings is 2. The van der Waals surface area contributed by atoms with Crippen LogP contribution < -0.4 is 10.1 Å². The van der Waals surface area contributed by atoms with Gasteiger partial charge in [-0.15, -0.1) is 0 Å². The van der Waals surface area contributed by atoms with E-state index >= 15 is 0 Å². The van der Waals surface area contributed by atoms with Crippen molar-refractivity contribution in [3.05, 3.63) is 64.9 Å². The minimum Gasteiger partial charge on any atom is -0.484 e. The highest BCUT2D eigenvalue weighted by atomic mass is 35.5. The van der Waals surface area contributed by atoms with Gasteiger partial charge in [-0.2, -0.15) is 0 Å². The number of rotatable bonds is 7. The number of carbonyl (C=O) groups excluding carboxylic acids is 2. The third kappa shape index (κ3) is 5.20. The van der Waals surface area contributed by atoms with Crippen LogP contribution in [0, 0.1) is 5.82 Å². The van der Waals surface area contributed by atoms with Gasteiger partial charge in [-0.1, -0.05) is 35.9 Å². The maximum absolute atomic E-state index is 14.0. The van der Waals surface area contributed by atoms with E-state index in [1.54, 1.807) is 49.4 Å². The van der Waals surface area contributed by atoms with E-state index < -0.39 is 17.8 Å². The minimum atomic E-state index is -0.782. The first-order chi connectivity index (χ1) is 12.4. The van der Waals surface area contributed by atoms with E-state index in [-0.39, 0.29) is 19.1 Å². The van der Waals surface area contributed by atoms with Gasteiger partial charge in [0.1, 0.15) is 17.6 Å². The van der Waals surface area contributed by atoms with Gasteiger partial charge >= 0.3 is 0 Å². The van der Waals surface area contributed by atoms with E-state index in [2.05, 4.69) is 5.32 Å². The first-order valence-corrected chi connectivity index (χ1v) is 8.43. The van der Waals surface area contributed by atoms with E-state index in [0.717, 1.165) is 0 Å². The molecule has 1 N–H and O–H groups in total. The predicted molar refractivity (Wildman–Crippen MR) is 97.4 cm³/mol. The highest BCUT2D eigenvalue weighted by molar-refractivity contribution is 6.30. The first-order valence-electron chi connectivity index (χ1n) is 8.05. The van der Waals surface area contributed by atoms with Crippen LogP contribution in [-0.4, -0.2) is 36.4 Å². The molecule has 0 aromatic heterocycles. The average Bonchev–Trinajstić information content (AvgIpc) is 2.64. The fourth-order valence-electron chi connectivity index (χ4n) is 2.39. The van der Waals surface area contributed by atoms with Crippen LogP contribution in [-0.2, 0) is 16.1 Å². The van der Waals surface area contributed by atoms with Crippen LogP contribution in [0.3, 0.4) is 0 Å². The second-order valence-corrected chi connectivity index (χ2v) is 6.09. The summed E-state index contributed by atoms with van der Waals surface area (Å²) in [4.78, 5) is 25.9. The molecular weight excluding hydrogens is 359 g/mol. The lowest BCUT2D eigenvalue weighted by Gasteiger charge is -2.28. The average molecular weight is 379 g/mol. The van der Waals surface area contributed by atoms with Crippen LogP contribution >= 0.6 is 11.6 Å². The minimum absolute atomic E-state index is 0.0427. The van der Waals surface area contributed by atoms with E-state index in [9.17, 15) is 14.0 Å². The number of ether oxygens (including phenoxy) is 1. The smallest absolute Gasteiger partial charge is 0.261 e. The summed E-state index contributed by atoms with van der Waals surface area (Å²) in [6.45, 7) is 1.24. The summed E-state index contributed by atoms with van der Waals surface area (Å²) < 4.78 is 19.4. The largest absolute Gasteiger partial charge is 0.484 e. The summed E-state index contributed by atoms with van der Waals surface area (Å²) in [6.07, 6.45) is 0. The fraction of sp³-hybridized carbons (Fsp3) is 0.263. The molecule has 0 spiro atoms. The molecule has 2 aromatic rings. The molecule has 26 heavy (non-hydrogen) atoms. The van der Waals surface area contributed by atoms with E-state index in [0.29, 0.717) is 16.3 Å². The Hall–Kier alpha value is -2.60. The van der Waals surface area contributed by atoms with Gasteiger partial charge in [0.2, 0.25) is 5.91 Å². The third-order valence-electron chi connectivity index (χ3n) is 3.87. The zero-order valence-corrected chi connectivity index (χ0v) is 15.3. The summed E-state index contributed by atoms with van der Waals surface area (Å²) >= 11 is 5.89. The van der Waals surface area contributed by atoms with Crippen molar-refractivity contribution < 1.29 is 18.7 Å². The summed E-state index contributed by atoms with van der Waals surface area (Å²) in [5.74, 6) is -0.795. The molecule has 1 atom stereocenters. The second kappa shape index (κ2) is 9.20. The summed E-state index contributed by atoms with van der Waals surface area (Å²) in [7, 11) is 1.48. The van der Waals surface area contributed by atoms with E-state index in [1.807, 2.05) is 0 Å². The summed E-state index contributed by atoms with van der Waals surface area (Å²) in [6, 6.07) is 12.0. The van der Waals surface area contributed by atoms with Gasteiger partial charge in [0.15, 0.2) is 6.61 Å². The molecule has 0 radical (unpaired) electrons. The van der Waals surface area contributed by atoms with Crippen molar-refractivity contribution in [2.75, 3.05) is 13.7 Å². The van der Waals surface area contributed by atoms with Crippen molar-refractivity contribution in [2.24, 2.45) is 0 Å². The molecule has 2 aromatic carbocycles. The van der Waals surface area contributed by atoms with Gasteiger partial charge in [0.25, 0.3) is 5.91 Å². The van der Waals surface area contributed by atoms with E-state index in [4.69, 9.17) is 16.3 Å². The fourth-order valence-corrected chi connectivity index (χ4v) is 2.57. The van der Waals surface area contributed by atoms with Crippen molar-refractivity contribution in [3.8, 4) is 5.75 Å². The molecule has 0 aliphatic heterocycles. The lowest BCUT2D eigenvalue weighted by Crippen LogP contribution is -2.48. The van der Waals surface area contributed by atoms with Gasteiger partial charge in [0, 0.05) is 24.2 Å². The summed E-state index contributed by atoms with van der Waals surface area (Å²) in [5, 5.41) is 2.98. The topological polar surface area (TPSA) is 58.6 Å². The Labute approximate surface area is 156 Å². The lowest BCUT2D eigenvalue weighted by molar-refractivity contribution is -0.142. The normalized spacial score (nSPS) is 11.5. The number of amides is 2. The molecule has 138 valence electrons. The number of nitrogens with one attached hydrogen (secondary N) is 1. The van der Waals surface area contributed by atoms with Gasteiger partial charge < -0.3 is 15.0 Å². The van der Waals surface area contributed by atoms with Crippen LogP contribution in [0.2, 0.25) is 5.02 Å². The SMILES string of the molecule is CNC(=O)[C@H](C)N(Cc1ccccc1F)C(=O)COc1cccc(Cl)c1. The Morgan fingerprint density at radius 3 is 2.62 bits per heavy atom. The molecule has 0 saturated heterocycles. The molecule has 0 bridgehead atoms. The Bertz CT molecular complexity index is 785. The number of nitrogens with zero attached hydrogens (tertiary/aromatic N) is 1. The first kappa shape index (κ1) is 19.7. The Kier molecular flexibility index (Phi) is 6.97. The zero-order chi connectivity index (χ0) is 19.1. The maximum atomic E-state index is 14.0. The van der Waals surface area contributed by atoms with Crippen molar-refractivity contribution in [2.45, 2.75) is 19.5 Å². The Balaban J connectivity index is 2.15. The van der Waals surface area contributed by atoms with Gasteiger partial charge in [0.05, 0.1) is 0 Å². The lowest BCUT2D eigenvalue weighted by atomic mass is 10.1. The van der Waals surface area contributed by atoms with Gasteiger partial charge in [-0.3, -0.25) is 9.59 Å². The van der Waals surface area contributed by atoms with Crippen LogP contribution in [0.5, 0.6) is 5.75 Å². The van der Waals surface area contributed by atoms with E-state index in [1.165, 1.54) is 18.0 Å². The van der Waals surface area contributed by atoms with Crippen LogP contribution in [0.15, 0.2) is 48.5 Å². The second-order valence-electron chi connectivity index (χ2n) is 5.65. The molecule has 2 amide bonds. The van der Waals surface area contributed by atoms with Gasteiger partial charge in [-0.05, 0) is 31.2 Å². The molecule has 7 heteroatoms. The Morgan fingerprint density at radius 1 is 1.23 bits per heavy atom. The Morgan fingerprint density at radius 2 is 1.96 bits per heavy atom. The molecule has 0 aliphatic carbocycles. The van der Waals surface area contributed by atoms with Gasteiger partial charge in [-0.25, -0.2) is 4.39 Å². The van der Waals surface area contributed by atoms with Crippen LogP contribution in [0.25, 0.3) is 0 Å². The predicted octanol–water partition coefficient (Wildman–Crippen LogP) is 3.02. The monoisotopic (exact) mass is 378 g/mol. The molecule has 2 rings (SSSR count). The molecule has 0 aliphatic rings. The number of hydrogen-bond donors (Lipinski definition) is 1. The molecule has 0 heterocycles. The number of carbonyl (C=O) groups is 2. The third-order valence-corrected chi connectivity index (χ3v) is 4.11. The van der Waals surface area contributed by atoms with Crippen molar-refractivity contribution >= 4 is 23.4 Å². The standard InChI is InChI=1S/C19H20ClFN2O3/c1-13(19(25)22-2)23(11-14-6-3-4-9-17(14)21)18(24)12-26-16-8-5-7-15(20)10-16/h3-10,13H,11-12H2,1-2H3,(H,22,25)/t13-/m0/s1. The zero-order valence-electron chi connectivity index (χ0n) is 14.5. The molecule has 0 unspecified atom stereocenters. The number of hydrogen-bond acceptors (Lipinski definition) is 3.